The van der Waals surface area contributed by atoms with Gasteiger partial charge in [-0.3, -0.25) is 9.59 Å². The number of ether oxygens (including phenoxy) is 1. The van der Waals surface area contributed by atoms with Crippen LogP contribution in [0.2, 0.25) is 0 Å². The van der Waals surface area contributed by atoms with Gasteiger partial charge in [0.2, 0.25) is 11.8 Å². The topological polar surface area (TPSA) is 71.5 Å². The summed E-state index contributed by atoms with van der Waals surface area (Å²) in [5, 5.41) is 3.15. The van der Waals surface area contributed by atoms with Crippen molar-refractivity contribution in [2.24, 2.45) is 5.92 Å². The van der Waals surface area contributed by atoms with Crippen LogP contribution in [0.5, 0.6) is 5.75 Å². The molecule has 0 aliphatic carbocycles. The molecule has 2 aromatic carbocycles. The maximum absolute atomic E-state index is 13.3. The minimum absolute atomic E-state index is 0.114. The molecule has 8 heteroatoms. The number of amides is 2. The molecule has 0 bridgehead atoms. The van der Waals surface area contributed by atoms with Crippen molar-refractivity contribution in [1.82, 2.24) is 4.98 Å². The summed E-state index contributed by atoms with van der Waals surface area (Å²) in [5.41, 5.74) is 2.28. The van der Waals surface area contributed by atoms with Crippen LogP contribution in [0, 0.1) is 18.7 Å². The Kier molecular flexibility index (Phi) is 4.72. The van der Waals surface area contributed by atoms with E-state index in [1.54, 1.807) is 18.1 Å². The van der Waals surface area contributed by atoms with E-state index in [2.05, 4.69) is 10.3 Å². The lowest BCUT2D eigenvalue weighted by atomic mass is 10.1. The summed E-state index contributed by atoms with van der Waals surface area (Å²) >= 11 is 1.20. The van der Waals surface area contributed by atoms with E-state index in [-0.39, 0.29) is 30.6 Å². The number of carbonyl (C=O) groups is 2. The van der Waals surface area contributed by atoms with Gasteiger partial charge in [-0.05, 0) is 42.8 Å². The number of aryl methyl sites for hydroxylation is 1. The first-order chi connectivity index (χ1) is 13.4. The summed E-state index contributed by atoms with van der Waals surface area (Å²) in [4.78, 5) is 31.1. The van der Waals surface area contributed by atoms with E-state index in [0.29, 0.717) is 26.8 Å². The van der Waals surface area contributed by atoms with Gasteiger partial charge in [0.05, 0.1) is 28.9 Å². The van der Waals surface area contributed by atoms with Crippen molar-refractivity contribution in [3.63, 3.8) is 0 Å². The summed E-state index contributed by atoms with van der Waals surface area (Å²) in [6.45, 7) is 2.20. The Morgan fingerprint density at radius 1 is 1.32 bits per heavy atom. The Morgan fingerprint density at radius 3 is 2.93 bits per heavy atom. The number of aromatic nitrogens is 1. The number of fused-ring (bicyclic) bond motifs is 1. The molecular formula is C20H18FN3O3S. The number of thiazole rings is 1. The summed E-state index contributed by atoms with van der Waals surface area (Å²) in [5.74, 6) is -0.662. The van der Waals surface area contributed by atoms with Gasteiger partial charge >= 0.3 is 0 Å². The molecule has 0 spiro atoms. The van der Waals surface area contributed by atoms with Gasteiger partial charge in [-0.15, -0.1) is 0 Å². The maximum Gasteiger partial charge on any atom is 0.231 e. The quantitative estimate of drug-likeness (QED) is 0.725. The first-order valence-corrected chi connectivity index (χ1v) is 9.58. The maximum atomic E-state index is 13.3. The van der Waals surface area contributed by atoms with Crippen molar-refractivity contribution in [1.29, 1.82) is 0 Å². The second kappa shape index (κ2) is 7.20. The zero-order valence-electron chi connectivity index (χ0n) is 15.4. The highest BCUT2D eigenvalue weighted by Gasteiger charge is 2.36. The fourth-order valence-corrected chi connectivity index (χ4v) is 4.18. The Balaban J connectivity index is 1.51. The fourth-order valence-electron chi connectivity index (χ4n) is 3.29. The third-order valence-corrected chi connectivity index (χ3v) is 5.64. The van der Waals surface area contributed by atoms with Gasteiger partial charge in [0.1, 0.15) is 11.6 Å². The first-order valence-electron chi connectivity index (χ1n) is 8.76. The van der Waals surface area contributed by atoms with Gasteiger partial charge in [0.25, 0.3) is 0 Å². The minimum Gasteiger partial charge on any atom is -0.495 e. The van der Waals surface area contributed by atoms with Crippen LogP contribution < -0.4 is 15.0 Å². The number of methoxy groups -OCH3 is 1. The van der Waals surface area contributed by atoms with Gasteiger partial charge in [-0.1, -0.05) is 17.4 Å². The van der Waals surface area contributed by atoms with Crippen LogP contribution in [0.15, 0.2) is 36.4 Å². The van der Waals surface area contributed by atoms with Crippen LogP contribution in [-0.4, -0.2) is 30.5 Å². The first kappa shape index (κ1) is 18.4. The molecule has 1 atom stereocenters. The molecule has 2 amide bonds. The number of carbonyl (C=O) groups excluding carboxylic acids is 2. The van der Waals surface area contributed by atoms with Crippen molar-refractivity contribution >= 4 is 44.2 Å². The Labute approximate surface area is 164 Å². The molecule has 1 aliphatic rings. The van der Waals surface area contributed by atoms with Gasteiger partial charge in [0, 0.05) is 13.0 Å². The van der Waals surface area contributed by atoms with Crippen molar-refractivity contribution in [2.45, 2.75) is 13.3 Å². The number of benzene rings is 2. The molecule has 1 aromatic heterocycles. The number of nitrogens with one attached hydrogen (secondary N) is 1. The number of hydrogen-bond acceptors (Lipinski definition) is 5. The third-order valence-electron chi connectivity index (χ3n) is 4.70. The molecule has 1 saturated heterocycles. The predicted octanol–water partition coefficient (Wildman–Crippen LogP) is 3.74. The molecule has 4 rings (SSSR count). The van der Waals surface area contributed by atoms with Crippen molar-refractivity contribution < 1.29 is 18.7 Å². The number of rotatable bonds is 4. The SMILES string of the molecule is COc1ccc(C)cc1N1CC(C(=O)Nc2nc3ccc(F)cc3s2)CC1=O. The Hall–Kier alpha value is -3.00. The molecule has 0 radical (unpaired) electrons. The van der Waals surface area contributed by atoms with E-state index in [9.17, 15) is 14.0 Å². The number of anilines is 2. The summed E-state index contributed by atoms with van der Waals surface area (Å²) < 4.78 is 19.3. The average Bonchev–Trinajstić information content (AvgIpc) is 3.24. The van der Waals surface area contributed by atoms with E-state index in [1.165, 1.54) is 23.5 Å². The van der Waals surface area contributed by atoms with Crippen molar-refractivity contribution in [3.8, 4) is 5.75 Å². The second-order valence-electron chi connectivity index (χ2n) is 6.70. The minimum atomic E-state index is -0.499. The summed E-state index contributed by atoms with van der Waals surface area (Å²) in [7, 11) is 1.55. The molecule has 1 N–H and O–H groups in total. The molecule has 6 nitrogen and oxygen atoms in total. The van der Waals surface area contributed by atoms with E-state index in [0.717, 1.165) is 5.56 Å². The Morgan fingerprint density at radius 2 is 2.14 bits per heavy atom. The standard InChI is InChI=1S/C20H18FN3O3S/c1-11-3-6-16(27-2)15(7-11)24-10-12(8-18(24)25)19(26)23-20-22-14-5-4-13(21)9-17(14)28-20/h3-7,9,12H,8,10H2,1-2H3,(H,22,23,26). The van der Waals surface area contributed by atoms with Gasteiger partial charge < -0.3 is 15.0 Å². The van der Waals surface area contributed by atoms with Crippen molar-refractivity contribution in [3.05, 3.63) is 47.8 Å². The summed E-state index contributed by atoms with van der Waals surface area (Å²) in [6, 6.07) is 9.87. The average molecular weight is 399 g/mol. The number of nitrogens with zero attached hydrogens (tertiary/aromatic N) is 2. The fraction of sp³-hybridized carbons (Fsp3) is 0.250. The largest absolute Gasteiger partial charge is 0.495 e. The van der Waals surface area contributed by atoms with Gasteiger partial charge in [-0.2, -0.15) is 0 Å². The normalized spacial score (nSPS) is 16.6. The smallest absolute Gasteiger partial charge is 0.231 e. The number of hydrogen-bond donors (Lipinski definition) is 1. The lowest BCUT2D eigenvalue weighted by molar-refractivity contribution is -0.122. The van der Waals surface area contributed by atoms with E-state index < -0.39 is 5.92 Å². The monoisotopic (exact) mass is 399 g/mol. The molecule has 2 heterocycles. The molecule has 3 aromatic rings. The molecule has 1 unspecified atom stereocenters. The molecule has 1 aliphatic heterocycles. The van der Waals surface area contributed by atoms with E-state index >= 15 is 0 Å². The number of halogens is 1. The predicted molar refractivity (Wildman–Crippen MR) is 106 cm³/mol. The van der Waals surface area contributed by atoms with Crippen molar-refractivity contribution in [2.75, 3.05) is 23.9 Å². The van der Waals surface area contributed by atoms with Crippen LogP contribution in [-0.2, 0) is 9.59 Å². The molecule has 28 heavy (non-hydrogen) atoms. The Bertz CT molecular complexity index is 1080. The zero-order valence-corrected chi connectivity index (χ0v) is 16.2. The molecule has 144 valence electrons. The van der Waals surface area contributed by atoms with E-state index in [1.807, 2.05) is 25.1 Å². The highest BCUT2D eigenvalue weighted by atomic mass is 32.1. The lowest BCUT2D eigenvalue weighted by Gasteiger charge is -2.20. The highest BCUT2D eigenvalue weighted by molar-refractivity contribution is 7.22. The highest BCUT2D eigenvalue weighted by Crippen LogP contribution is 2.34. The summed E-state index contributed by atoms with van der Waals surface area (Å²) in [6.07, 6.45) is 0.114. The second-order valence-corrected chi connectivity index (χ2v) is 7.73. The lowest BCUT2D eigenvalue weighted by Crippen LogP contribution is -2.28. The van der Waals surface area contributed by atoms with Crippen LogP contribution in [0.3, 0.4) is 0 Å². The zero-order chi connectivity index (χ0) is 19.8. The van der Waals surface area contributed by atoms with Crippen LogP contribution in [0.4, 0.5) is 15.2 Å². The van der Waals surface area contributed by atoms with E-state index in [4.69, 9.17) is 4.74 Å². The van der Waals surface area contributed by atoms with Gasteiger partial charge in [0.15, 0.2) is 5.13 Å². The van der Waals surface area contributed by atoms with Crippen LogP contribution in [0.25, 0.3) is 10.2 Å². The van der Waals surface area contributed by atoms with Gasteiger partial charge in [-0.25, -0.2) is 9.37 Å². The third kappa shape index (κ3) is 3.43. The molecule has 0 saturated carbocycles. The van der Waals surface area contributed by atoms with Crippen LogP contribution >= 0.6 is 11.3 Å². The molecule has 1 fully saturated rings. The van der Waals surface area contributed by atoms with Crippen LogP contribution in [0.1, 0.15) is 12.0 Å². The molecular weight excluding hydrogens is 381 g/mol.